The zero-order valence-corrected chi connectivity index (χ0v) is 31.4. The lowest BCUT2D eigenvalue weighted by atomic mass is 9.82. The first kappa shape index (κ1) is 40.9. The summed E-state index contributed by atoms with van der Waals surface area (Å²) in [5.74, 6) is -0.708. The highest BCUT2D eigenvalue weighted by Gasteiger charge is 2.34. The smallest absolute Gasteiger partial charge is 0.242 e. The van der Waals surface area contributed by atoms with Gasteiger partial charge in [-0.2, -0.15) is 0 Å². The second-order valence-electron chi connectivity index (χ2n) is 16.1. The van der Waals surface area contributed by atoms with Gasteiger partial charge in [-0.25, -0.2) is 0 Å². The number of carbonyl (C=O) groups excluding carboxylic acids is 3. The Morgan fingerprint density at radius 2 is 1.53 bits per heavy atom. The summed E-state index contributed by atoms with van der Waals surface area (Å²) in [4.78, 5) is 45.7. The summed E-state index contributed by atoms with van der Waals surface area (Å²) in [7, 11) is 3.98. The molecule has 2 unspecified atom stereocenters. The fourth-order valence-electron chi connectivity index (χ4n) is 7.73. The van der Waals surface area contributed by atoms with Gasteiger partial charge in [0.05, 0.1) is 18.1 Å². The van der Waals surface area contributed by atoms with Crippen molar-refractivity contribution in [3.63, 3.8) is 0 Å². The van der Waals surface area contributed by atoms with Gasteiger partial charge >= 0.3 is 0 Å². The van der Waals surface area contributed by atoms with E-state index in [1.807, 2.05) is 65.1 Å². The van der Waals surface area contributed by atoms with Crippen molar-refractivity contribution in [3.05, 3.63) is 35.9 Å². The summed E-state index contributed by atoms with van der Waals surface area (Å²) >= 11 is 0. The van der Waals surface area contributed by atoms with Gasteiger partial charge in [0.15, 0.2) is 0 Å². The van der Waals surface area contributed by atoms with Crippen LogP contribution in [-0.2, 0) is 20.8 Å². The Kier molecular flexibility index (Phi) is 17.6. The monoisotopic (exact) mass is 685 g/mol. The van der Waals surface area contributed by atoms with Gasteiger partial charge < -0.3 is 30.6 Å². The molecule has 9 heteroatoms. The number of rotatable bonds is 19. The molecule has 9 nitrogen and oxygen atoms in total. The van der Waals surface area contributed by atoms with Gasteiger partial charge in [0.1, 0.15) is 12.1 Å². The van der Waals surface area contributed by atoms with Gasteiger partial charge in [0, 0.05) is 26.1 Å². The van der Waals surface area contributed by atoms with Crippen LogP contribution in [0.2, 0.25) is 0 Å². The second-order valence-corrected chi connectivity index (χ2v) is 16.1. The maximum Gasteiger partial charge on any atom is 0.242 e. The van der Waals surface area contributed by atoms with Crippen molar-refractivity contribution in [1.82, 2.24) is 20.4 Å². The van der Waals surface area contributed by atoms with Crippen LogP contribution in [0.25, 0.3) is 0 Å². The maximum atomic E-state index is 14.1. The number of nitrogens with one attached hydrogen (secondary N) is 2. The fraction of sp³-hybridized carbons (Fsp3) is 0.775. The number of likely N-dealkylation sites (tertiary alicyclic amines) is 1. The summed E-state index contributed by atoms with van der Waals surface area (Å²) < 4.78 is 0. The third-order valence-electron chi connectivity index (χ3n) is 10.8. The first-order valence-electron chi connectivity index (χ1n) is 19.3. The average molecular weight is 685 g/mol. The van der Waals surface area contributed by atoms with E-state index in [1.165, 1.54) is 19.3 Å². The SMILES string of the molecule is CC(C)C[C@H](NC(=O)[C@@H](CC(=O)N(C)CCC1CCCCN1C)Cc1ccccc1)C(=O)NC(CC1CCCCC1)[C@@H](O)[C@@H](O)CC(C)C. The van der Waals surface area contributed by atoms with Gasteiger partial charge in [0.25, 0.3) is 0 Å². The van der Waals surface area contributed by atoms with Crippen LogP contribution in [-0.4, -0.2) is 95.3 Å². The zero-order chi connectivity index (χ0) is 35.9. The summed E-state index contributed by atoms with van der Waals surface area (Å²) in [6.07, 6.45) is 9.89. The second kappa shape index (κ2) is 21.0. The number of amides is 3. The van der Waals surface area contributed by atoms with Crippen LogP contribution in [0.4, 0.5) is 0 Å². The molecule has 3 rings (SSSR count). The van der Waals surface area contributed by atoms with Crippen molar-refractivity contribution >= 4 is 17.7 Å². The minimum atomic E-state index is -1.10. The van der Waals surface area contributed by atoms with Crippen molar-refractivity contribution in [2.45, 2.75) is 148 Å². The van der Waals surface area contributed by atoms with Crippen molar-refractivity contribution in [2.24, 2.45) is 23.7 Å². The Hall–Kier alpha value is -2.49. The van der Waals surface area contributed by atoms with Gasteiger partial charge in [-0.1, -0.05) is 96.6 Å². The number of aliphatic hydroxyl groups excluding tert-OH is 2. The number of aliphatic hydroxyl groups is 2. The van der Waals surface area contributed by atoms with E-state index < -0.39 is 30.2 Å². The van der Waals surface area contributed by atoms with Crippen molar-refractivity contribution in [3.8, 4) is 0 Å². The highest BCUT2D eigenvalue weighted by molar-refractivity contribution is 5.91. The van der Waals surface area contributed by atoms with Gasteiger partial charge in [-0.3, -0.25) is 14.4 Å². The van der Waals surface area contributed by atoms with Crippen LogP contribution < -0.4 is 10.6 Å². The van der Waals surface area contributed by atoms with E-state index >= 15 is 0 Å². The fourth-order valence-corrected chi connectivity index (χ4v) is 7.73. The molecule has 1 saturated carbocycles. The van der Waals surface area contributed by atoms with Crippen LogP contribution in [0, 0.1) is 23.7 Å². The Bertz CT molecular complexity index is 1120. The predicted octanol–water partition coefficient (Wildman–Crippen LogP) is 5.32. The number of piperidine rings is 1. The molecule has 6 atom stereocenters. The Morgan fingerprint density at radius 3 is 2.16 bits per heavy atom. The molecule has 1 aliphatic heterocycles. The van der Waals surface area contributed by atoms with Crippen LogP contribution >= 0.6 is 0 Å². The number of nitrogens with zero attached hydrogens (tertiary/aromatic N) is 2. The van der Waals surface area contributed by atoms with E-state index in [9.17, 15) is 24.6 Å². The van der Waals surface area contributed by atoms with Crippen molar-refractivity contribution < 1.29 is 24.6 Å². The largest absolute Gasteiger partial charge is 0.390 e. The number of hydrogen-bond acceptors (Lipinski definition) is 6. The van der Waals surface area contributed by atoms with Gasteiger partial charge in [-0.15, -0.1) is 0 Å². The van der Waals surface area contributed by atoms with E-state index in [2.05, 4.69) is 22.6 Å². The van der Waals surface area contributed by atoms with Crippen LogP contribution in [0.15, 0.2) is 30.3 Å². The molecule has 278 valence electrons. The molecule has 0 spiro atoms. The normalized spacial score (nSPS) is 20.7. The summed E-state index contributed by atoms with van der Waals surface area (Å²) in [6.45, 7) is 9.75. The quantitative estimate of drug-likeness (QED) is 0.157. The molecule has 0 radical (unpaired) electrons. The van der Waals surface area contributed by atoms with E-state index in [-0.39, 0.29) is 36.0 Å². The van der Waals surface area contributed by atoms with E-state index in [4.69, 9.17) is 0 Å². The Labute approximate surface area is 297 Å². The molecule has 2 fully saturated rings. The number of hydrogen-bond donors (Lipinski definition) is 4. The lowest BCUT2D eigenvalue weighted by Gasteiger charge is -2.34. The van der Waals surface area contributed by atoms with Crippen molar-refractivity contribution in [2.75, 3.05) is 27.2 Å². The topological polar surface area (TPSA) is 122 Å². The molecule has 49 heavy (non-hydrogen) atoms. The van der Waals surface area contributed by atoms with Crippen molar-refractivity contribution in [1.29, 1.82) is 0 Å². The highest BCUT2D eigenvalue weighted by atomic mass is 16.3. The summed E-state index contributed by atoms with van der Waals surface area (Å²) in [5, 5.41) is 28.3. The minimum Gasteiger partial charge on any atom is -0.390 e. The Balaban J connectivity index is 1.74. The molecule has 2 aliphatic rings. The third-order valence-corrected chi connectivity index (χ3v) is 10.8. The van der Waals surface area contributed by atoms with Crippen LogP contribution in [0.3, 0.4) is 0 Å². The molecular formula is C40H68N4O5. The molecule has 4 N–H and O–H groups in total. The maximum absolute atomic E-state index is 14.1. The van der Waals surface area contributed by atoms with Crippen LogP contribution in [0.1, 0.15) is 117 Å². The summed E-state index contributed by atoms with van der Waals surface area (Å²) in [5.41, 5.74) is 0.960. The molecule has 0 bridgehead atoms. The van der Waals surface area contributed by atoms with E-state index in [1.54, 1.807) is 4.90 Å². The minimum absolute atomic E-state index is 0.0537. The van der Waals surface area contributed by atoms with E-state index in [0.717, 1.165) is 50.6 Å². The predicted molar refractivity (Wildman–Crippen MR) is 197 cm³/mol. The van der Waals surface area contributed by atoms with Crippen LogP contribution in [0.5, 0.6) is 0 Å². The molecule has 3 amide bonds. The highest BCUT2D eigenvalue weighted by Crippen LogP contribution is 2.29. The molecular weight excluding hydrogens is 616 g/mol. The molecule has 1 aromatic carbocycles. The van der Waals surface area contributed by atoms with Gasteiger partial charge in [0.2, 0.25) is 17.7 Å². The number of benzene rings is 1. The first-order chi connectivity index (χ1) is 23.3. The lowest BCUT2D eigenvalue weighted by Crippen LogP contribution is -2.56. The molecule has 1 aromatic rings. The lowest BCUT2D eigenvalue weighted by molar-refractivity contribution is -0.137. The molecule has 1 heterocycles. The molecule has 0 aromatic heterocycles. The average Bonchev–Trinajstić information content (AvgIpc) is 3.06. The Morgan fingerprint density at radius 1 is 0.878 bits per heavy atom. The first-order valence-corrected chi connectivity index (χ1v) is 19.3. The molecule has 1 aliphatic carbocycles. The van der Waals surface area contributed by atoms with E-state index in [0.29, 0.717) is 44.2 Å². The van der Waals surface area contributed by atoms with Gasteiger partial charge in [-0.05, 0) is 81.9 Å². The summed E-state index contributed by atoms with van der Waals surface area (Å²) in [6, 6.07) is 8.74. The third kappa shape index (κ3) is 14.3. The standard InChI is InChI=1S/C40H68N4O5/c1-28(2)23-35(40(49)41-34(26-31-17-11-8-12-18-31)38(47)36(45)24-29(3)4)42-39(48)32(25-30-15-9-7-10-16-30)27-37(46)44(6)22-20-33-19-13-14-21-43(33)5/h7,9-10,15-16,28-29,31-36,38,45,47H,8,11-14,17-27H2,1-6H3,(H,41,49)(H,42,48)/t32-,33?,34?,35+,36+,38-/m1/s1. The number of carbonyl (C=O) groups is 3. The molecule has 1 saturated heterocycles. The zero-order valence-electron chi connectivity index (χ0n) is 31.4.